The lowest BCUT2D eigenvalue weighted by Gasteiger charge is -2.21. The molecule has 0 atom stereocenters. The minimum absolute atomic E-state index is 0.270. The van der Waals surface area contributed by atoms with Crippen molar-refractivity contribution in [2.75, 3.05) is 23.7 Å². The van der Waals surface area contributed by atoms with Crippen molar-refractivity contribution < 1.29 is 4.73 Å². The van der Waals surface area contributed by atoms with Crippen LogP contribution in [0.2, 0.25) is 0 Å². The molecule has 13 heavy (non-hydrogen) atoms. The first-order chi connectivity index (χ1) is 6.20. The highest BCUT2D eigenvalue weighted by atomic mass is 16.5. The van der Waals surface area contributed by atoms with Crippen LogP contribution in [0.15, 0.2) is 18.3 Å². The average Bonchev–Trinajstić information content (AvgIpc) is 2.14. The van der Waals surface area contributed by atoms with Crippen LogP contribution in [0.1, 0.15) is 13.8 Å². The molecule has 1 aromatic rings. The Kier molecular flexibility index (Phi) is 2.95. The normalized spacial score (nSPS) is 10.0. The number of anilines is 2. The van der Waals surface area contributed by atoms with E-state index in [1.54, 1.807) is 6.07 Å². The third-order valence-corrected chi connectivity index (χ3v) is 2.08. The minimum Gasteiger partial charge on any atom is -0.711 e. The van der Waals surface area contributed by atoms with Gasteiger partial charge in [-0.2, -0.15) is 0 Å². The molecule has 1 rings (SSSR count). The Hall–Kier alpha value is -1.45. The van der Waals surface area contributed by atoms with Crippen LogP contribution in [-0.4, -0.2) is 13.1 Å². The minimum atomic E-state index is 0.270. The van der Waals surface area contributed by atoms with E-state index >= 15 is 0 Å². The summed E-state index contributed by atoms with van der Waals surface area (Å²) < 4.78 is 0.688. The maximum absolute atomic E-state index is 11.1. The monoisotopic (exact) mass is 181 g/mol. The SMILES string of the molecule is CCN(CC)c1ccc[n+]([O-])c1N. The van der Waals surface area contributed by atoms with E-state index in [2.05, 4.69) is 0 Å². The quantitative estimate of drug-likeness (QED) is 0.553. The number of nitrogens with two attached hydrogens (primary N) is 1. The van der Waals surface area contributed by atoms with Crippen LogP contribution in [-0.2, 0) is 0 Å². The number of hydrogen-bond donors (Lipinski definition) is 1. The molecule has 1 heterocycles. The van der Waals surface area contributed by atoms with Gasteiger partial charge >= 0.3 is 0 Å². The summed E-state index contributed by atoms with van der Waals surface area (Å²) in [6, 6.07) is 3.56. The summed E-state index contributed by atoms with van der Waals surface area (Å²) >= 11 is 0. The fourth-order valence-corrected chi connectivity index (χ4v) is 1.32. The van der Waals surface area contributed by atoms with Gasteiger partial charge in [-0.15, -0.1) is 0 Å². The summed E-state index contributed by atoms with van der Waals surface area (Å²) in [5, 5.41) is 11.1. The zero-order chi connectivity index (χ0) is 9.84. The van der Waals surface area contributed by atoms with Crippen molar-refractivity contribution >= 4 is 11.5 Å². The number of pyridine rings is 1. The van der Waals surface area contributed by atoms with Crippen LogP contribution in [0.25, 0.3) is 0 Å². The molecule has 2 N–H and O–H groups in total. The zero-order valence-corrected chi connectivity index (χ0v) is 8.03. The number of aromatic nitrogens is 1. The molecule has 0 amide bonds. The Bertz CT molecular complexity index is 284. The van der Waals surface area contributed by atoms with Crippen molar-refractivity contribution in [2.24, 2.45) is 0 Å². The summed E-state index contributed by atoms with van der Waals surface area (Å²) in [7, 11) is 0. The van der Waals surface area contributed by atoms with Gasteiger partial charge in [0.25, 0.3) is 5.82 Å². The van der Waals surface area contributed by atoms with Crippen LogP contribution in [0.5, 0.6) is 0 Å². The fraction of sp³-hybridized carbons (Fsp3) is 0.444. The number of hydrogen-bond acceptors (Lipinski definition) is 3. The van der Waals surface area contributed by atoms with Gasteiger partial charge in [0, 0.05) is 13.1 Å². The molecule has 0 unspecified atom stereocenters. The van der Waals surface area contributed by atoms with Crippen LogP contribution in [0, 0.1) is 5.21 Å². The van der Waals surface area contributed by atoms with E-state index in [1.807, 2.05) is 24.8 Å². The van der Waals surface area contributed by atoms with Crippen molar-refractivity contribution in [3.63, 3.8) is 0 Å². The highest BCUT2D eigenvalue weighted by molar-refractivity contribution is 5.60. The van der Waals surface area contributed by atoms with E-state index < -0.39 is 0 Å². The molecule has 0 aliphatic heterocycles. The molecule has 1 aromatic heterocycles. The van der Waals surface area contributed by atoms with Gasteiger partial charge < -0.3 is 10.1 Å². The molecule has 0 saturated carbocycles. The van der Waals surface area contributed by atoms with Crippen LogP contribution in [0.4, 0.5) is 11.5 Å². The highest BCUT2D eigenvalue weighted by Crippen LogP contribution is 2.17. The second kappa shape index (κ2) is 3.98. The van der Waals surface area contributed by atoms with E-state index in [4.69, 9.17) is 5.73 Å². The van der Waals surface area contributed by atoms with E-state index in [1.165, 1.54) is 6.20 Å². The van der Waals surface area contributed by atoms with Crippen molar-refractivity contribution in [1.82, 2.24) is 0 Å². The second-order valence-electron chi connectivity index (χ2n) is 2.78. The first kappa shape index (κ1) is 9.64. The van der Waals surface area contributed by atoms with Gasteiger partial charge in [0.05, 0.1) is 6.20 Å². The average molecular weight is 181 g/mol. The summed E-state index contributed by atoms with van der Waals surface area (Å²) in [5.41, 5.74) is 6.45. The van der Waals surface area contributed by atoms with E-state index in [0.29, 0.717) is 4.73 Å². The molecule has 0 aliphatic rings. The summed E-state index contributed by atoms with van der Waals surface area (Å²) in [6.45, 7) is 5.77. The number of nitrogens with zero attached hydrogens (tertiary/aromatic N) is 2. The predicted octanol–water partition coefficient (Wildman–Crippen LogP) is 0.748. The summed E-state index contributed by atoms with van der Waals surface area (Å²) in [5.74, 6) is 0.270. The maximum Gasteiger partial charge on any atom is 0.299 e. The molecule has 0 bridgehead atoms. The lowest BCUT2D eigenvalue weighted by molar-refractivity contribution is -0.589. The molecular formula is C9H15N3O. The first-order valence-electron chi connectivity index (χ1n) is 4.43. The van der Waals surface area contributed by atoms with Gasteiger partial charge in [0.15, 0.2) is 0 Å². The standard InChI is InChI=1S/C9H15N3O/c1-3-11(4-2)8-6-5-7-12(13)9(8)10/h5-7H,3-4,10H2,1-2H3. The van der Waals surface area contributed by atoms with Gasteiger partial charge in [0.1, 0.15) is 5.69 Å². The van der Waals surface area contributed by atoms with E-state index in [0.717, 1.165) is 18.8 Å². The third kappa shape index (κ3) is 1.83. The predicted molar refractivity (Wildman–Crippen MR) is 53.4 cm³/mol. The van der Waals surface area contributed by atoms with E-state index in [-0.39, 0.29) is 5.82 Å². The molecule has 0 spiro atoms. The smallest absolute Gasteiger partial charge is 0.299 e. The van der Waals surface area contributed by atoms with Crippen molar-refractivity contribution in [3.05, 3.63) is 23.5 Å². The van der Waals surface area contributed by atoms with Gasteiger partial charge in [-0.3, -0.25) is 5.73 Å². The van der Waals surface area contributed by atoms with Crippen LogP contribution >= 0.6 is 0 Å². The molecular weight excluding hydrogens is 166 g/mol. The summed E-state index contributed by atoms with van der Waals surface area (Å²) in [4.78, 5) is 2.05. The molecule has 72 valence electrons. The fourth-order valence-electron chi connectivity index (χ4n) is 1.32. The Labute approximate surface area is 78.2 Å². The van der Waals surface area contributed by atoms with Gasteiger partial charge in [-0.1, -0.05) is 0 Å². The van der Waals surface area contributed by atoms with Crippen molar-refractivity contribution in [2.45, 2.75) is 13.8 Å². The molecule has 0 aliphatic carbocycles. The second-order valence-corrected chi connectivity index (χ2v) is 2.78. The first-order valence-corrected chi connectivity index (χ1v) is 4.43. The van der Waals surface area contributed by atoms with Gasteiger partial charge in [-0.25, -0.2) is 4.73 Å². The lowest BCUT2D eigenvalue weighted by atomic mass is 10.3. The van der Waals surface area contributed by atoms with Crippen LogP contribution in [0.3, 0.4) is 0 Å². The largest absolute Gasteiger partial charge is 0.711 e. The van der Waals surface area contributed by atoms with Gasteiger partial charge in [0.2, 0.25) is 0 Å². The Morgan fingerprint density at radius 1 is 1.46 bits per heavy atom. The molecule has 0 aromatic carbocycles. The molecule has 0 fully saturated rings. The topological polar surface area (TPSA) is 56.2 Å². The molecule has 0 saturated heterocycles. The molecule has 4 nitrogen and oxygen atoms in total. The van der Waals surface area contributed by atoms with Gasteiger partial charge in [-0.05, 0) is 26.0 Å². The van der Waals surface area contributed by atoms with Crippen LogP contribution < -0.4 is 15.4 Å². The number of nitrogen functional groups attached to an aromatic ring is 1. The highest BCUT2D eigenvalue weighted by Gasteiger charge is 2.10. The molecule has 0 radical (unpaired) electrons. The zero-order valence-electron chi connectivity index (χ0n) is 8.03. The Balaban J connectivity index is 3.05. The summed E-state index contributed by atoms with van der Waals surface area (Å²) in [6.07, 6.45) is 1.41. The maximum atomic E-state index is 11.1. The van der Waals surface area contributed by atoms with Crippen molar-refractivity contribution in [1.29, 1.82) is 0 Å². The van der Waals surface area contributed by atoms with Crippen molar-refractivity contribution in [3.8, 4) is 0 Å². The number of rotatable bonds is 3. The third-order valence-electron chi connectivity index (χ3n) is 2.08. The van der Waals surface area contributed by atoms with E-state index in [9.17, 15) is 5.21 Å². The Morgan fingerprint density at radius 3 is 2.62 bits per heavy atom. The lowest BCUT2D eigenvalue weighted by Crippen LogP contribution is -2.34. The molecule has 4 heteroatoms. The Morgan fingerprint density at radius 2 is 2.08 bits per heavy atom.